The molecule has 0 fully saturated rings. The second-order valence-electron chi connectivity index (χ2n) is 4.82. The average molecular weight is 239 g/mol. The highest BCUT2D eigenvalue weighted by atomic mass is 14.9. The standard InChI is InChI=1S/C15H17N3/c1-11-8-13(18-10-17-11)9-16-15-7-6-12-4-2-3-5-14(12)15/h2-5,8,10,15-16H,6-7,9H2,1H3. The van der Waals surface area contributed by atoms with Crippen LogP contribution in [0.15, 0.2) is 36.7 Å². The Hall–Kier alpha value is -1.74. The van der Waals surface area contributed by atoms with Crippen molar-refractivity contribution in [3.05, 3.63) is 59.2 Å². The van der Waals surface area contributed by atoms with E-state index in [0.717, 1.165) is 17.9 Å². The van der Waals surface area contributed by atoms with Crippen molar-refractivity contribution in [3.63, 3.8) is 0 Å². The average Bonchev–Trinajstić information content (AvgIpc) is 2.80. The normalized spacial score (nSPS) is 17.7. The van der Waals surface area contributed by atoms with Crippen LogP contribution in [0.25, 0.3) is 0 Å². The molecule has 0 spiro atoms. The summed E-state index contributed by atoms with van der Waals surface area (Å²) in [5.41, 5.74) is 5.01. The molecule has 1 unspecified atom stereocenters. The first-order valence-electron chi connectivity index (χ1n) is 6.41. The first-order chi connectivity index (χ1) is 8.83. The first kappa shape index (κ1) is 11.4. The molecule has 3 nitrogen and oxygen atoms in total. The summed E-state index contributed by atoms with van der Waals surface area (Å²) in [5.74, 6) is 0. The molecule has 92 valence electrons. The molecule has 0 bridgehead atoms. The Labute approximate surface area is 107 Å². The number of aromatic nitrogens is 2. The highest BCUT2D eigenvalue weighted by Gasteiger charge is 2.21. The number of hydrogen-bond donors (Lipinski definition) is 1. The maximum atomic E-state index is 4.28. The van der Waals surface area contributed by atoms with Gasteiger partial charge in [-0.3, -0.25) is 0 Å². The molecule has 0 saturated carbocycles. The zero-order valence-corrected chi connectivity index (χ0v) is 10.6. The number of hydrogen-bond acceptors (Lipinski definition) is 3. The third-order valence-corrected chi connectivity index (χ3v) is 3.52. The summed E-state index contributed by atoms with van der Waals surface area (Å²) in [6.45, 7) is 2.80. The van der Waals surface area contributed by atoms with Crippen LogP contribution in [0.4, 0.5) is 0 Å². The van der Waals surface area contributed by atoms with E-state index < -0.39 is 0 Å². The van der Waals surface area contributed by atoms with Gasteiger partial charge in [-0.05, 0) is 37.0 Å². The number of benzene rings is 1. The Morgan fingerprint density at radius 2 is 2.17 bits per heavy atom. The first-order valence-corrected chi connectivity index (χ1v) is 6.41. The number of nitrogens with one attached hydrogen (secondary N) is 1. The maximum absolute atomic E-state index is 4.28. The largest absolute Gasteiger partial charge is 0.304 e. The van der Waals surface area contributed by atoms with Crippen LogP contribution in [-0.2, 0) is 13.0 Å². The van der Waals surface area contributed by atoms with Gasteiger partial charge in [-0.25, -0.2) is 9.97 Å². The monoisotopic (exact) mass is 239 g/mol. The number of fused-ring (bicyclic) bond motifs is 1. The van der Waals surface area contributed by atoms with Gasteiger partial charge in [-0.1, -0.05) is 24.3 Å². The van der Waals surface area contributed by atoms with E-state index >= 15 is 0 Å². The summed E-state index contributed by atoms with van der Waals surface area (Å²) in [5, 5.41) is 3.59. The van der Waals surface area contributed by atoms with Crippen molar-refractivity contribution >= 4 is 0 Å². The molecule has 0 amide bonds. The molecule has 1 aliphatic carbocycles. The summed E-state index contributed by atoms with van der Waals surface area (Å²) in [6.07, 6.45) is 4.00. The van der Waals surface area contributed by atoms with Crippen molar-refractivity contribution in [2.45, 2.75) is 32.4 Å². The van der Waals surface area contributed by atoms with E-state index in [4.69, 9.17) is 0 Å². The van der Waals surface area contributed by atoms with Gasteiger partial charge in [0.05, 0.1) is 5.69 Å². The van der Waals surface area contributed by atoms with Crippen molar-refractivity contribution in [3.8, 4) is 0 Å². The van der Waals surface area contributed by atoms with E-state index in [2.05, 4.69) is 39.6 Å². The predicted molar refractivity (Wildman–Crippen MR) is 71.1 cm³/mol. The molecule has 3 rings (SSSR count). The van der Waals surface area contributed by atoms with Gasteiger partial charge in [-0.2, -0.15) is 0 Å². The molecule has 2 aromatic rings. The van der Waals surface area contributed by atoms with Crippen LogP contribution in [0.1, 0.15) is 35.0 Å². The van der Waals surface area contributed by atoms with Crippen LogP contribution in [0, 0.1) is 6.92 Å². The highest BCUT2D eigenvalue weighted by Crippen LogP contribution is 2.30. The molecule has 18 heavy (non-hydrogen) atoms. The van der Waals surface area contributed by atoms with Crippen LogP contribution < -0.4 is 5.32 Å². The third kappa shape index (κ3) is 2.27. The minimum atomic E-state index is 0.469. The molecular weight excluding hydrogens is 222 g/mol. The van der Waals surface area contributed by atoms with E-state index in [-0.39, 0.29) is 0 Å². The van der Waals surface area contributed by atoms with E-state index in [1.54, 1.807) is 6.33 Å². The van der Waals surface area contributed by atoms with Crippen LogP contribution in [0.3, 0.4) is 0 Å². The summed E-state index contributed by atoms with van der Waals surface area (Å²) in [4.78, 5) is 8.40. The summed E-state index contributed by atoms with van der Waals surface area (Å²) in [6, 6.07) is 11.2. The Morgan fingerprint density at radius 1 is 1.28 bits per heavy atom. The van der Waals surface area contributed by atoms with E-state index in [0.29, 0.717) is 6.04 Å². The van der Waals surface area contributed by atoms with Gasteiger partial charge in [0.15, 0.2) is 0 Å². The van der Waals surface area contributed by atoms with Crippen LogP contribution in [0.2, 0.25) is 0 Å². The van der Waals surface area contributed by atoms with Gasteiger partial charge in [0.2, 0.25) is 0 Å². The van der Waals surface area contributed by atoms with Crippen molar-refractivity contribution in [1.82, 2.24) is 15.3 Å². The second kappa shape index (κ2) is 4.86. The zero-order chi connectivity index (χ0) is 12.4. The van der Waals surface area contributed by atoms with Gasteiger partial charge in [0.25, 0.3) is 0 Å². The quantitative estimate of drug-likeness (QED) is 0.894. The van der Waals surface area contributed by atoms with Crippen molar-refractivity contribution in [2.24, 2.45) is 0 Å². The fraction of sp³-hybridized carbons (Fsp3) is 0.333. The maximum Gasteiger partial charge on any atom is 0.115 e. The number of nitrogens with zero attached hydrogens (tertiary/aromatic N) is 2. The lowest BCUT2D eigenvalue weighted by atomic mass is 10.1. The number of rotatable bonds is 3. The lowest BCUT2D eigenvalue weighted by molar-refractivity contribution is 0.524. The lowest BCUT2D eigenvalue weighted by Crippen LogP contribution is -2.19. The van der Waals surface area contributed by atoms with Crippen molar-refractivity contribution in [2.75, 3.05) is 0 Å². The van der Waals surface area contributed by atoms with Crippen LogP contribution in [0.5, 0.6) is 0 Å². The molecule has 1 atom stereocenters. The predicted octanol–water partition coefficient (Wildman–Crippen LogP) is 2.56. The molecular formula is C15H17N3. The van der Waals surface area contributed by atoms with E-state index in [1.165, 1.54) is 24.0 Å². The Bertz CT molecular complexity index is 551. The summed E-state index contributed by atoms with van der Waals surface area (Å²) >= 11 is 0. The molecule has 1 heterocycles. The minimum Gasteiger partial charge on any atom is -0.304 e. The minimum absolute atomic E-state index is 0.469. The summed E-state index contributed by atoms with van der Waals surface area (Å²) < 4.78 is 0. The molecule has 1 aromatic heterocycles. The van der Waals surface area contributed by atoms with Gasteiger partial charge < -0.3 is 5.32 Å². The molecule has 0 aliphatic heterocycles. The van der Waals surface area contributed by atoms with E-state index in [9.17, 15) is 0 Å². The van der Waals surface area contributed by atoms with Crippen molar-refractivity contribution < 1.29 is 0 Å². The fourth-order valence-electron chi connectivity index (χ4n) is 2.60. The Kier molecular flexibility index (Phi) is 3.07. The zero-order valence-electron chi connectivity index (χ0n) is 10.6. The Balaban J connectivity index is 1.69. The van der Waals surface area contributed by atoms with Gasteiger partial charge >= 0.3 is 0 Å². The van der Waals surface area contributed by atoms with E-state index in [1.807, 2.05) is 13.0 Å². The molecule has 3 heteroatoms. The SMILES string of the molecule is Cc1cc(CNC2CCc3ccccc32)ncn1. The van der Waals surface area contributed by atoms with Gasteiger partial charge in [0.1, 0.15) is 6.33 Å². The van der Waals surface area contributed by atoms with Crippen LogP contribution >= 0.6 is 0 Å². The number of aryl methyl sites for hydroxylation is 2. The smallest absolute Gasteiger partial charge is 0.115 e. The lowest BCUT2D eigenvalue weighted by Gasteiger charge is -2.13. The van der Waals surface area contributed by atoms with Gasteiger partial charge in [0, 0.05) is 18.3 Å². The molecule has 1 aliphatic rings. The second-order valence-corrected chi connectivity index (χ2v) is 4.82. The summed E-state index contributed by atoms with van der Waals surface area (Å²) in [7, 11) is 0. The third-order valence-electron chi connectivity index (χ3n) is 3.52. The molecule has 0 saturated heterocycles. The van der Waals surface area contributed by atoms with Crippen LogP contribution in [-0.4, -0.2) is 9.97 Å². The molecule has 1 N–H and O–H groups in total. The molecule has 1 aromatic carbocycles. The van der Waals surface area contributed by atoms with Crippen molar-refractivity contribution in [1.29, 1.82) is 0 Å². The highest BCUT2D eigenvalue weighted by molar-refractivity contribution is 5.34. The van der Waals surface area contributed by atoms with Gasteiger partial charge in [-0.15, -0.1) is 0 Å². The Morgan fingerprint density at radius 3 is 3.06 bits per heavy atom. The fourth-order valence-corrected chi connectivity index (χ4v) is 2.60. The topological polar surface area (TPSA) is 37.8 Å². The molecule has 0 radical (unpaired) electrons.